The van der Waals surface area contributed by atoms with Crippen molar-refractivity contribution in [2.75, 3.05) is 0 Å². The van der Waals surface area contributed by atoms with Crippen molar-refractivity contribution < 1.29 is 19.0 Å². The second-order valence-corrected chi connectivity index (χ2v) is 8.01. The van der Waals surface area contributed by atoms with Crippen LogP contribution in [-0.2, 0) is 11.2 Å². The van der Waals surface area contributed by atoms with Crippen LogP contribution in [0.4, 0.5) is 4.39 Å². The molecule has 0 fully saturated rings. The lowest BCUT2D eigenvalue weighted by molar-refractivity contribution is -0.139. The summed E-state index contributed by atoms with van der Waals surface area (Å²) >= 11 is 12.3. The van der Waals surface area contributed by atoms with Crippen LogP contribution in [0.25, 0.3) is 11.1 Å². The molecule has 3 aromatic carbocycles. The first kappa shape index (κ1) is 23.4. The van der Waals surface area contributed by atoms with E-state index in [1.807, 2.05) is 6.07 Å². The van der Waals surface area contributed by atoms with E-state index in [1.54, 1.807) is 36.4 Å². The second-order valence-electron chi connectivity index (χ2n) is 7.23. The monoisotopic (exact) mass is 481 g/mol. The summed E-state index contributed by atoms with van der Waals surface area (Å²) in [5, 5.41) is 9.95. The van der Waals surface area contributed by atoms with E-state index < -0.39 is 23.7 Å². The number of nitrogens with two attached hydrogens (primary N) is 1. The number of carboxylic acids is 1. The maximum atomic E-state index is 13.9. The molecule has 0 bridgehead atoms. The maximum absolute atomic E-state index is 13.9. The summed E-state index contributed by atoms with van der Waals surface area (Å²) in [4.78, 5) is 11.8. The Morgan fingerprint density at radius 2 is 1.84 bits per heavy atom. The maximum Gasteiger partial charge on any atom is 0.312 e. The van der Waals surface area contributed by atoms with Crippen LogP contribution >= 0.6 is 35.6 Å². The van der Waals surface area contributed by atoms with E-state index in [0.29, 0.717) is 41.0 Å². The van der Waals surface area contributed by atoms with Crippen LogP contribution in [0.2, 0.25) is 10.0 Å². The number of carboxylic acid groups (broad SMARTS) is 1. The van der Waals surface area contributed by atoms with Crippen LogP contribution in [-0.4, -0.2) is 17.1 Å². The van der Waals surface area contributed by atoms with Gasteiger partial charge >= 0.3 is 5.97 Å². The lowest BCUT2D eigenvalue weighted by atomic mass is 9.79. The van der Waals surface area contributed by atoms with Gasteiger partial charge in [-0.1, -0.05) is 47.5 Å². The highest BCUT2D eigenvalue weighted by Gasteiger charge is 2.33. The molecule has 0 spiro atoms. The van der Waals surface area contributed by atoms with Crippen molar-refractivity contribution in [1.82, 2.24) is 0 Å². The first-order valence-electron chi connectivity index (χ1n) is 9.38. The molecule has 162 valence electrons. The van der Waals surface area contributed by atoms with Crippen LogP contribution < -0.4 is 10.5 Å². The molecule has 0 amide bonds. The van der Waals surface area contributed by atoms with E-state index in [1.165, 1.54) is 6.07 Å². The first-order chi connectivity index (χ1) is 14.3. The fraction of sp³-hybridized carbons (Fsp3) is 0.174. The van der Waals surface area contributed by atoms with Gasteiger partial charge in [0.2, 0.25) is 0 Å². The number of hydrogen-bond acceptors (Lipinski definition) is 3. The van der Waals surface area contributed by atoms with E-state index in [0.717, 1.165) is 11.6 Å². The highest BCUT2D eigenvalue weighted by Crippen LogP contribution is 2.41. The number of ether oxygens (including phenoxy) is 1. The Kier molecular flexibility index (Phi) is 7.12. The van der Waals surface area contributed by atoms with Gasteiger partial charge in [0.1, 0.15) is 17.3 Å². The van der Waals surface area contributed by atoms with Crippen molar-refractivity contribution in [2.24, 2.45) is 5.73 Å². The number of hydrogen-bond donors (Lipinski definition) is 2. The van der Waals surface area contributed by atoms with Gasteiger partial charge in [-0.2, -0.15) is 0 Å². The van der Waals surface area contributed by atoms with Crippen LogP contribution in [0, 0.1) is 5.82 Å². The molecule has 4 nitrogen and oxygen atoms in total. The fourth-order valence-electron chi connectivity index (χ4n) is 3.85. The smallest absolute Gasteiger partial charge is 0.312 e. The number of aryl methyl sites for hydroxylation is 1. The number of rotatable bonds is 4. The highest BCUT2D eigenvalue weighted by atomic mass is 35.5. The molecule has 3 N–H and O–H groups in total. The van der Waals surface area contributed by atoms with Gasteiger partial charge in [-0.25, -0.2) is 4.39 Å². The number of fused-ring (bicyclic) bond motifs is 1. The molecule has 1 aliphatic carbocycles. The standard InChI is InChI=1S/C23H18Cl2FNO3.ClH/c24-18-10-13(26)9-17(22(18)25)15-3-1-2-4-20(15)30-14-7-5-12-6-8-19(27)21(23(28)29)16(12)11-14;/h1-5,7,9-11,19,21H,6,8,27H2,(H,28,29);1H. The number of benzene rings is 3. The van der Waals surface area contributed by atoms with Gasteiger partial charge in [0.15, 0.2) is 0 Å². The Bertz CT molecular complexity index is 1140. The van der Waals surface area contributed by atoms with Gasteiger partial charge in [0.05, 0.1) is 16.0 Å². The summed E-state index contributed by atoms with van der Waals surface area (Å²) in [7, 11) is 0. The quantitative estimate of drug-likeness (QED) is 0.419. The Morgan fingerprint density at radius 3 is 2.58 bits per heavy atom. The third-order valence-corrected chi connectivity index (χ3v) is 6.09. The molecule has 0 aromatic heterocycles. The minimum Gasteiger partial charge on any atom is -0.481 e. The molecule has 0 heterocycles. The SMILES string of the molecule is Cl.NC1CCc2ccc(Oc3ccccc3-c3cc(F)cc(Cl)c3Cl)cc2C1C(=O)O. The first-order valence-corrected chi connectivity index (χ1v) is 10.1. The molecule has 0 saturated carbocycles. The van der Waals surface area contributed by atoms with Gasteiger partial charge in [0, 0.05) is 17.2 Å². The van der Waals surface area contributed by atoms with Crippen molar-refractivity contribution >= 4 is 41.6 Å². The van der Waals surface area contributed by atoms with E-state index in [-0.39, 0.29) is 22.5 Å². The molecule has 0 aliphatic heterocycles. The van der Waals surface area contributed by atoms with Gasteiger partial charge in [0.25, 0.3) is 0 Å². The van der Waals surface area contributed by atoms with Crippen molar-refractivity contribution in [2.45, 2.75) is 24.8 Å². The van der Waals surface area contributed by atoms with Crippen molar-refractivity contribution in [3.8, 4) is 22.6 Å². The molecule has 3 aromatic rings. The molecule has 1 aliphatic rings. The van der Waals surface area contributed by atoms with Gasteiger partial charge < -0.3 is 15.6 Å². The number of aliphatic carboxylic acids is 1. The predicted octanol–water partition coefficient (Wildman–Crippen LogP) is 6.46. The number of carbonyl (C=O) groups is 1. The van der Waals surface area contributed by atoms with E-state index >= 15 is 0 Å². The van der Waals surface area contributed by atoms with E-state index in [4.69, 9.17) is 33.7 Å². The van der Waals surface area contributed by atoms with Gasteiger partial charge in [-0.05, 0) is 54.3 Å². The minimum atomic E-state index is -0.956. The average molecular weight is 483 g/mol. The Hall–Kier alpha value is -2.31. The lowest BCUT2D eigenvalue weighted by Gasteiger charge is -2.28. The molecule has 2 atom stereocenters. The third kappa shape index (κ3) is 4.65. The summed E-state index contributed by atoms with van der Waals surface area (Å²) in [5.74, 6) is -1.36. The normalized spacial score (nSPS) is 17.4. The summed E-state index contributed by atoms with van der Waals surface area (Å²) in [6.45, 7) is 0. The minimum absolute atomic E-state index is 0. The predicted molar refractivity (Wildman–Crippen MR) is 122 cm³/mol. The summed E-state index contributed by atoms with van der Waals surface area (Å²) < 4.78 is 20.0. The van der Waals surface area contributed by atoms with Crippen molar-refractivity contribution in [1.29, 1.82) is 0 Å². The second kappa shape index (κ2) is 9.45. The van der Waals surface area contributed by atoms with Crippen molar-refractivity contribution in [3.63, 3.8) is 0 Å². The zero-order valence-corrected chi connectivity index (χ0v) is 18.5. The van der Waals surface area contributed by atoms with Gasteiger partial charge in [-0.3, -0.25) is 4.79 Å². The highest BCUT2D eigenvalue weighted by molar-refractivity contribution is 6.43. The Balaban J connectivity index is 0.00000272. The molecule has 8 heteroatoms. The molecule has 4 rings (SSSR count). The van der Waals surface area contributed by atoms with Crippen molar-refractivity contribution in [3.05, 3.63) is 81.6 Å². The largest absolute Gasteiger partial charge is 0.481 e. The van der Waals surface area contributed by atoms with Crippen LogP contribution in [0.3, 0.4) is 0 Å². The van der Waals surface area contributed by atoms with Gasteiger partial charge in [-0.15, -0.1) is 12.4 Å². The molecular formula is C23H19Cl3FNO3. The number of halogens is 4. The average Bonchev–Trinajstić information content (AvgIpc) is 2.70. The summed E-state index contributed by atoms with van der Waals surface area (Å²) in [5.41, 5.74) is 8.63. The zero-order chi connectivity index (χ0) is 21.4. The molecule has 0 radical (unpaired) electrons. The molecule has 2 unspecified atom stereocenters. The summed E-state index contributed by atoms with van der Waals surface area (Å²) in [6, 6.07) is 14.4. The molecular weight excluding hydrogens is 464 g/mol. The Labute approximate surface area is 195 Å². The van der Waals surface area contributed by atoms with Crippen LogP contribution in [0.1, 0.15) is 23.5 Å². The summed E-state index contributed by atoms with van der Waals surface area (Å²) in [6.07, 6.45) is 1.33. The van der Waals surface area contributed by atoms with E-state index in [9.17, 15) is 14.3 Å². The van der Waals surface area contributed by atoms with Crippen LogP contribution in [0.5, 0.6) is 11.5 Å². The zero-order valence-electron chi connectivity index (χ0n) is 16.1. The fourth-order valence-corrected chi connectivity index (χ4v) is 4.26. The van der Waals surface area contributed by atoms with E-state index in [2.05, 4.69) is 0 Å². The number of para-hydroxylation sites is 1. The Morgan fingerprint density at radius 1 is 1.10 bits per heavy atom. The molecule has 0 saturated heterocycles. The molecule has 31 heavy (non-hydrogen) atoms. The topological polar surface area (TPSA) is 72.5 Å². The van der Waals surface area contributed by atoms with Crippen LogP contribution in [0.15, 0.2) is 54.6 Å². The third-order valence-electron chi connectivity index (χ3n) is 5.29. The lowest BCUT2D eigenvalue weighted by Crippen LogP contribution is -2.37.